The van der Waals surface area contributed by atoms with Gasteiger partial charge in [-0.25, -0.2) is 4.98 Å². The summed E-state index contributed by atoms with van der Waals surface area (Å²) in [4.78, 5) is 4.65. The number of hydrogen-bond donors (Lipinski definition) is 1. The maximum atomic E-state index is 4.65. The van der Waals surface area contributed by atoms with E-state index in [1.165, 1.54) is 43.9 Å². The zero-order chi connectivity index (χ0) is 12.9. The SMILES string of the molecule is c1ccc2nc(NCCC3CCCCC3)ccc2c1. The van der Waals surface area contributed by atoms with Crippen molar-refractivity contribution in [2.45, 2.75) is 38.5 Å². The number of hydrogen-bond acceptors (Lipinski definition) is 2. The molecular formula is C17H22N2. The first-order valence-corrected chi connectivity index (χ1v) is 7.51. The molecule has 0 unspecified atom stereocenters. The van der Waals surface area contributed by atoms with E-state index in [2.05, 4.69) is 40.6 Å². The minimum Gasteiger partial charge on any atom is -0.370 e. The summed E-state index contributed by atoms with van der Waals surface area (Å²) >= 11 is 0. The summed E-state index contributed by atoms with van der Waals surface area (Å²) in [7, 11) is 0. The molecule has 1 heterocycles. The summed E-state index contributed by atoms with van der Waals surface area (Å²) in [5.41, 5.74) is 1.07. The van der Waals surface area contributed by atoms with Crippen molar-refractivity contribution in [3.63, 3.8) is 0 Å². The van der Waals surface area contributed by atoms with E-state index in [9.17, 15) is 0 Å². The van der Waals surface area contributed by atoms with Gasteiger partial charge in [0.25, 0.3) is 0 Å². The Morgan fingerprint density at radius 1 is 1.00 bits per heavy atom. The van der Waals surface area contributed by atoms with Gasteiger partial charge in [-0.2, -0.15) is 0 Å². The minimum absolute atomic E-state index is 0.932. The molecule has 0 atom stereocenters. The number of nitrogens with zero attached hydrogens (tertiary/aromatic N) is 1. The molecule has 1 aliphatic carbocycles. The fourth-order valence-electron chi connectivity index (χ4n) is 3.04. The Morgan fingerprint density at radius 2 is 1.84 bits per heavy atom. The van der Waals surface area contributed by atoms with Crippen molar-refractivity contribution in [3.05, 3.63) is 36.4 Å². The monoisotopic (exact) mass is 254 g/mol. The van der Waals surface area contributed by atoms with Crippen LogP contribution in [0.1, 0.15) is 38.5 Å². The van der Waals surface area contributed by atoms with Crippen molar-refractivity contribution < 1.29 is 0 Å². The number of para-hydroxylation sites is 1. The van der Waals surface area contributed by atoms with Gasteiger partial charge in [-0.05, 0) is 30.5 Å². The van der Waals surface area contributed by atoms with Crippen LogP contribution in [0.3, 0.4) is 0 Å². The van der Waals surface area contributed by atoms with Crippen LogP contribution in [0.25, 0.3) is 10.9 Å². The normalized spacial score (nSPS) is 16.6. The van der Waals surface area contributed by atoms with Crippen molar-refractivity contribution in [1.82, 2.24) is 4.98 Å². The molecule has 1 saturated carbocycles. The standard InChI is InChI=1S/C17H22N2/c1-2-6-14(7-3-1)12-13-18-17-11-10-15-8-4-5-9-16(15)19-17/h4-5,8-11,14H,1-3,6-7,12-13H2,(H,18,19). The van der Waals surface area contributed by atoms with Crippen molar-refractivity contribution >= 4 is 16.7 Å². The van der Waals surface area contributed by atoms with E-state index in [0.29, 0.717) is 0 Å². The van der Waals surface area contributed by atoms with E-state index in [0.717, 1.165) is 23.8 Å². The Balaban J connectivity index is 1.56. The number of rotatable bonds is 4. The highest BCUT2D eigenvalue weighted by molar-refractivity contribution is 5.79. The second-order valence-electron chi connectivity index (χ2n) is 5.61. The zero-order valence-electron chi connectivity index (χ0n) is 11.4. The van der Waals surface area contributed by atoms with Crippen LogP contribution in [0.15, 0.2) is 36.4 Å². The summed E-state index contributed by atoms with van der Waals surface area (Å²) < 4.78 is 0. The van der Waals surface area contributed by atoms with E-state index >= 15 is 0 Å². The van der Waals surface area contributed by atoms with Gasteiger partial charge in [0.2, 0.25) is 0 Å². The molecule has 1 aromatic carbocycles. The van der Waals surface area contributed by atoms with Crippen LogP contribution in [0.4, 0.5) is 5.82 Å². The second kappa shape index (κ2) is 6.05. The topological polar surface area (TPSA) is 24.9 Å². The smallest absolute Gasteiger partial charge is 0.126 e. The van der Waals surface area contributed by atoms with Gasteiger partial charge in [0.1, 0.15) is 5.82 Å². The summed E-state index contributed by atoms with van der Waals surface area (Å²) in [6, 6.07) is 12.5. The van der Waals surface area contributed by atoms with Gasteiger partial charge < -0.3 is 5.32 Å². The molecule has 3 rings (SSSR count). The molecule has 2 heteroatoms. The highest BCUT2D eigenvalue weighted by atomic mass is 15.0. The first kappa shape index (κ1) is 12.5. The second-order valence-corrected chi connectivity index (χ2v) is 5.61. The van der Waals surface area contributed by atoms with Crippen molar-refractivity contribution in [3.8, 4) is 0 Å². The number of fused-ring (bicyclic) bond motifs is 1. The average Bonchev–Trinajstić information content (AvgIpc) is 2.48. The average molecular weight is 254 g/mol. The summed E-state index contributed by atoms with van der Waals surface area (Å²) in [6.45, 7) is 1.05. The molecular weight excluding hydrogens is 232 g/mol. The molecule has 0 bridgehead atoms. The Bertz CT molecular complexity index is 530. The molecule has 0 spiro atoms. The Morgan fingerprint density at radius 3 is 2.74 bits per heavy atom. The third-order valence-corrected chi connectivity index (χ3v) is 4.18. The Labute approximate surface area is 115 Å². The third-order valence-electron chi connectivity index (χ3n) is 4.18. The predicted molar refractivity (Wildman–Crippen MR) is 81.4 cm³/mol. The lowest BCUT2D eigenvalue weighted by molar-refractivity contribution is 0.345. The first-order chi connectivity index (χ1) is 9.42. The van der Waals surface area contributed by atoms with Gasteiger partial charge in [0.05, 0.1) is 5.52 Å². The molecule has 1 fully saturated rings. The fraction of sp³-hybridized carbons (Fsp3) is 0.471. The largest absolute Gasteiger partial charge is 0.370 e. The van der Waals surface area contributed by atoms with Gasteiger partial charge in [-0.1, -0.05) is 50.3 Å². The summed E-state index contributed by atoms with van der Waals surface area (Å²) in [5, 5.41) is 4.68. The quantitative estimate of drug-likeness (QED) is 0.861. The Kier molecular flexibility index (Phi) is 3.97. The molecule has 100 valence electrons. The number of nitrogens with one attached hydrogen (secondary N) is 1. The molecule has 0 saturated heterocycles. The summed E-state index contributed by atoms with van der Waals surface area (Å²) in [6.07, 6.45) is 8.43. The maximum absolute atomic E-state index is 4.65. The lowest BCUT2D eigenvalue weighted by Gasteiger charge is -2.21. The van der Waals surface area contributed by atoms with Crippen molar-refractivity contribution in [2.24, 2.45) is 5.92 Å². The van der Waals surface area contributed by atoms with Crippen LogP contribution in [0.2, 0.25) is 0 Å². The van der Waals surface area contributed by atoms with E-state index in [1.807, 2.05) is 6.07 Å². The van der Waals surface area contributed by atoms with Gasteiger partial charge in [-0.15, -0.1) is 0 Å². The molecule has 0 amide bonds. The first-order valence-electron chi connectivity index (χ1n) is 7.51. The predicted octanol–water partition coefficient (Wildman–Crippen LogP) is 4.62. The van der Waals surface area contributed by atoms with Crippen molar-refractivity contribution in [2.75, 3.05) is 11.9 Å². The van der Waals surface area contributed by atoms with Crippen LogP contribution in [-0.4, -0.2) is 11.5 Å². The van der Waals surface area contributed by atoms with Gasteiger partial charge in [-0.3, -0.25) is 0 Å². The molecule has 19 heavy (non-hydrogen) atoms. The molecule has 1 N–H and O–H groups in total. The number of pyridine rings is 1. The fourth-order valence-corrected chi connectivity index (χ4v) is 3.04. The third kappa shape index (κ3) is 3.25. The van der Waals surface area contributed by atoms with Crippen LogP contribution >= 0.6 is 0 Å². The number of anilines is 1. The minimum atomic E-state index is 0.932. The van der Waals surface area contributed by atoms with E-state index < -0.39 is 0 Å². The van der Waals surface area contributed by atoms with E-state index in [4.69, 9.17) is 0 Å². The lowest BCUT2D eigenvalue weighted by atomic mass is 9.87. The van der Waals surface area contributed by atoms with Gasteiger partial charge in [0, 0.05) is 11.9 Å². The molecule has 1 aliphatic rings. The molecule has 2 aromatic rings. The highest BCUT2D eigenvalue weighted by Crippen LogP contribution is 2.26. The molecule has 0 radical (unpaired) electrons. The van der Waals surface area contributed by atoms with Gasteiger partial charge >= 0.3 is 0 Å². The number of aromatic nitrogens is 1. The zero-order valence-corrected chi connectivity index (χ0v) is 11.4. The van der Waals surface area contributed by atoms with E-state index in [1.54, 1.807) is 0 Å². The highest BCUT2D eigenvalue weighted by Gasteiger charge is 2.12. The Hall–Kier alpha value is -1.57. The van der Waals surface area contributed by atoms with Crippen LogP contribution in [-0.2, 0) is 0 Å². The van der Waals surface area contributed by atoms with Crippen molar-refractivity contribution in [1.29, 1.82) is 0 Å². The molecule has 2 nitrogen and oxygen atoms in total. The van der Waals surface area contributed by atoms with E-state index in [-0.39, 0.29) is 0 Å². The van der Waals surface area contributed by atoms with Gasteiger partial charge in [0.15, 0.2) is 0 Å². The number of benzene rings is 1. The maximum Gasteiger partial charge on any atom is 0.126 e. The molecule has 0 aliphatic heterocycles. The van der Waals surface area contributed by atoms with Crippen LogP contribution in [0, 0.1) is 5.92 Å². The summed E-state index contributed by atoms with van der Waals surface area (Å²) in [5.74, 6) is 1.94. The van der Waals surface area contributed by atoms with Crippen LogP contribution in [0.5, 0.6) is 0 Å². The van der Waals surface area contributed by atoms with Crippen LogP contribution < -0.4 is 5.32 Å². The molecule has 1 aromatic heterocycles. The lowest BCUT2D eigenvalue weighted by Crippen LogP contribution is -2.12.